The van der Waals surface area contributed by atoms with Gasteiger partial charge in [-0.25, -0.2) is 0 Å². The monoisotopic (exact) mass is 400 g/mol. The molecule has 0 unspecified atom stereocenters. The third kappa shape index (κ3) is 4.03. The molecule has 0 aliphatic heterocycles. The molecule has 7 heteroatoms. The molecule has 1 aromatic carbocycles. The number of carbonyl (C=O) groups is 2. The first kappa shape index (κ1) is 19.9. The molecule has 0 aliphatic carbocycles. The number of aromatic nitrogens is 1. The van der Waals surface area contributed by atoms with E-state index in [0.717, 1.165) is 11.1 Å². The van der Waals surface area contributed by atoms with Gasteiger partial charge in [0.15, 0.2) is 0 Å². The van der Waals surface area contributed by atoms with Crippen LogP contribution in [0, 0.1) is 0 Å². The van der Waals surface area contributed by atoms with E-state index in [2.05, 4.69) is 5.32 Å². The molecule has 1 amide bonds. The molecule has 0 fully saturated rings. The number of halogens is 1. The summed E-state index contributed by atoms with van der Waals surface area (Å²) in [4.78, 5) is 25.4. The van der Waals surface area contributed by atoms with Gasteiger partial charge < -0.3 is 19.2 Å². The summed E-state index contributed by atoms with van der Waals surface area (Å²) >= 11 is 6.26. The molecule has 0 saturated heterocycles. The SMILES string of the molecule is COCCCNC(=O)C(=O)c1c(-c2ccc(OC)c(Cl)c2)cc2ccccn12. The molecular weight excluding hydrogens is 380 g/mol. The summed E-state index contributed by atoms with van der Waals surface area (Å²) in [6, 6.07) is 12.7. The number of nitrogens with zero attached hydrogens (tertiary/aromatic N) is 1. The number of hydrogen-bond donors (Lipinski definition) is 1. The average molecular weight is 401 g/mol. The number of Topliss-reactive ketones (excluding diaryl/α,β-unsaturated/α-hetero) is 1. The van der Waals surface area contributed by atoms with Crippen molar-refractivity contribution in [1.29, 1.82) is 0 Å². The minimum Gasteiger partial charge on any atom is -0.495 e. The highest BCUT2D eigenvalue weighted by atomic mass is 35.5. The van der Waals surface area contributed by atoms with Gasteiger partial charge in [0.05, 0.1) is 12.1 Å². The minimum atomic E-state index is -0.652. The van der Waals surface area contributed by atoms with Gasteiger partial charge >= 0.3 is 0 Å². The first-order chi connectivity index (χ1) is 13.6. The molecule has 146 valence electrons. The second kappa shape index (κ2) is 8.91. The first-order valence-corrected chi connectivity index (χ1v) is 9.20. The van der Waals surface area contributed by atoms with Crippen LogP contribution in [0.5, 0.6) is 5.75 Å². The number of nitrogens with one attached hydrogen (secondary N) is 1. The van der Waals surface area contributed by atoms with Crippen LogP contribution in [0.4, 0.5) is 0 Å². The van der Waals surface area contributed by atoms with Gasteiger partial charge in [-0.1, -0.05) is 23.7 Å². The van der Waals surface area contributed by atoms with Gasteiger partial charge in [0, 0.05) is 37.5 Å². The van der Waals surface area contributed by atoms with E-state index in [1.807, 2.05) is 30.3 Å². The number of pyridine rings is 1. The van der Waals surface area contributed by atoms with Crippen LogP contribution in [0.15, 0.2) is 48.7 Å². The molecule has 3 aromatic rings. The zero-order valence-corrected chi connectivity index (χ0v) is 16.5. The molecule has 6 nitrogen and oxygen atoms in total. The molecule has 2 aromatic heterocycles. The maximum atomic E-state index is 13.0. The van der Waals surface area contributed by atoms with Crippen LogP contribution in [0.1, 0.15) is 16.9 Å². The van der Waals surface area contributed by atoms with Gasteiger partial charge in [-0.15, -0.1) is 0 Å². The van der Waals surface area contributed by atoms with Crippen molar-refractivity contribution in [1.82, 2.24) is 9.72 Å². The first-order valence-electron chi connectivity index (χ1n) is 8.82. The predicted molar refractivity (Wildman–Crippen MR) is 108 cm³/mol. The fraction of sp³-hybridized carbons (Fsp3) is 0.238. The van der Waals surface area contributed by atoms with Crippen molar-refractivity contribution < 1.29 is 19.1 Å². The summed E-state index contributed by atoms with van der Waals surface area (Å²) in [5, 5.41) is 3.08. The molecule has 0 aliphatic rings. The van der Waals surface area contributed by atoms with Crippen LogP contribution in [-0.4, -0.2) is 43.5 Å². The highest BCUT2D eigenvalue weighted by Crippen LogP contribution is 2.33. The summed E-state index contributed by atoms with van der Waals surface area (Å²) in [5.41, 5.74) is 2.46. The van der Waals surface area contributed by atoms with Crippen molar-refractivity contribution >= 4 is 28.8 Å². The van der Waals surface area contributed by atoms with E-state index < -0.39 is 11.7 Å². The highest BCUT2D eigenvalue weighted by molar-refractivity contribution is 6.43. The topological polar surface area (TPSA) is 69.0 Å². The lowest BCUT2D eigenvalue weighted by Crippen LogP contribution is -2.33. The highest BCUT2D eigenvalue weighted by Gasteiger charge is 2.24. The predicted octanol–water partition coefficient (Wildman–Crippen LogP) is 3.60. The Bertz CT molecular complexity index is 1010. The Morgan fingerprint density at radius 1 is 1.14 bits per heavy atom. The molecule has 28 heavy (non-hydrogen) atoms. The molecule has 0 saturated carbocycles. The Morgan fingerprint density at radius 3 is 2.68 bits per heavy atom. The molecule has 0 radical (unpaired) electrons. The van der Waals surface area contributed by atoms with E-state index in [0.29, 0.717) is 41.6 Å². The Morgan fingerprint density at radius 2 is 1.96 bits per heavy atom. The van der Waals surface area contributed by atoms with Gasteiger partial charge in [-0.3, -0.25) is 9.59 Å². The smallest absolute Gasteiger partial charge is 0.294 e. The van der Waals surface area contributed by atoms with Gasteiger partial charge in [0.25, 0.3) is 11.7 Å². The van der Waals surface area contributed by atoms with Crippen molar-refractivity contribution in [2.75, 3.05) is 27.4 Å². The van der Waals surface area contributed by atoms with Crippen molar-refractivity contribution in [3.63, 3.8) is 0 Å². The maximum absolute atomic E-state index is 13.0. The maximum Gasteiger partial charge on any atom is 0.294 e. The summed E-state index contributed by atoms with van der Waals surface area (Å²) in [6.45, 7) is 0.879. The minimum absolute atomic E-state index is 0.293. The van der Waals surface area contributed by atoms with E-state index in [-0.39, 0.29) is 0 Å². The summed E-state index contributed by atoms with van der Waals surface area (Å²) < 4.78 is 11.9. The van der Waals surface area contributed by atoms with E-state index >= 15 is 0 Å². The number of carbonyl (C=O) groups excluding carboxylic acids is 2. The Kier molecular flexibility index (Phi) is 6.34. The second-order valence-electron chi connectivity index (χ2n) is 6.18. The van der Waals surface area contributed by atoms with Crippen molar-refractivity contribution in [2.24, 2.45) is 0 Å². The van der Waals surface area contributed by atoms with Crippen molar-refractivity contribution in [3.05, 3.63) is 59.4 Å². The lowest BCUT2D eigenvalue weighted by atomic mass is 10.0. The van der Waals surface area contributed by atoms with Gasteiger partial charge in [-0.05, 0) is 42.3 Å². The standard InChI is InChI=1S/C21H21ClN2O4/c1-27-11-5-9-23-21(26)20(25)19-16(13-15-6-3-4-10-24(15)19)14-7-8-18(28-2)17(22)12-14/h3-4,6-8,10,12-13H,5,9,11H2,1-2H3,(H,23,26). The van der Waals surface area contributed by atoms with Gasteiger partial charge in [0.1, 0.15) is 11.4 Å². The third-order valence-electron chi connectivity index (χ3n) is 4.37. The van der Waals surface area contributed by atoms with Crippen molar-refractivity contribution in [2.45, 2.75) is 6.42 Å². The number of fused-ring (bicyclic) bond motifs is 1. The Labute approximate surface area is 168 Å². The number of benzene rings is 1. The van der Waals surface area contributed by atoms with Crippen LogP contribution >= 0.6 is 11.6 Å². The second-order valence-corrected chi connectivity index (χ2v) is 6.59. The van der Waals surface area contributed by atoms with Crippen LogP contribution in [-0.2, 0) is 9.53 Å². The number of ketones is 1. The number of hydrogen-bond acceptors (Lipinski definition) is 4. The van der Waals surface area contributed by atoms with Crippen LogP contribution in [0.25, 0.3) is 16.6 Å². The molecule has 2 heterocycles. The normalized spacial score (nSPS) is 10.8. The molecular formula is C21H21ClN2O4. The third-order valence-corrected chi connectivity index (χ3v) is 4.67. The fourth-order valence-corrected chi connectivity index (χ4v) is 3.27. The zero-order valence-electron chi connectivity index (χ0n) is 15.7. The molecule has 0 atom stereocenters. The Hall–Kier alpha value is -2.83. The van der Waals surface area contributed by atoms with Crippen molar-refractivity contribution in [3.8, 4) is 16.9 Å². The molecule has 0 spiro atoms. The molecule has 1 N–H and O–H groups in total. The van der Waals surface area contributed by atoms with Gasteiger partial charge in [0.2, 0.25) is 0 Å². The summed E-state index contributed by atoms with van der Waals surface area (Å²) in [5.74, 6) is -0.718. The average Bonchev–Trinajstić information content (AvgIpc) is 3.10. The lowest BCUT2D eigenvalue weighted by molar-refractivity contribution is -0.117. The summed E-state index contributed by atoms with van der Waals surface area (Å²) in [6.07, 6.45) is 2.39. The number of ether oxygens (including phenoxy) is 2. The Balaban J connectivity index is 2.01. The zero-order chi connectivity index (χ0) is 20.1. The van der Waals surface area contributed by atoms with E-state index in [1.165, 1.54) is 7.11 Å². The molecule has 3 rings (SSSR count). The lowest BCUT2D eigenvalue weighted by Gasteiger charge is -2.09. The van der Waals surface area contributed by atoms with E-state index in [1.54, 1.807) is 29.8 Å². The largest absolute Gasteiger partial charge is 0.495 e. The van der Waals surface area contributed by atoms with E-state index in [4.69, 9.17) is 21.1 Å². The van der Waals surface area contributed by atoms with Crippen LogP contribution in [0.2, 0.25) is 5.02 Å². The fourth-order valence-electron chi connectivity index (χ4n) is 3.02. The molecule has 0 bridgehead atoms. The van der Waals surface area contributed by atoms with Crippen LogP contribution in [0.3, 0.4) is 0 Å². The number of amides is 1. The quantitative estimate of drug-likeness (QED) is 0.356. The number of rotatable bonds is 8. The van der Waals surface area contributed by atoms with E-state index in [9.17, 15) is 9.59 Å². The number of methoxy groups -OCH3 is 2. The van der Waals surface area contributed by atoms with Crippen LogP contribution < -0.4 is 10.1 Å². The summed E-state index contributed by atoms with van der Waals surface area (Å²) in [7, 11) is 3.13. The van der Waals surface area contributed by atoms with Gasteiger partial charge in [-0.2, -0.15) is 0 Å².